The summed E-state index contributed by atoms with van der Waals surface area (Å²) in [6, 6.07) is 0. The molecule has 0 fully saturated rings. The predicted molar refractivity (Wildman–Crippen MR) is 182 cm³/mol. The second-order valence-corrected chi connectivity index (χ2v) is 3.80. The van der Waals surface area contributed by atoms with Crippen molar-refractivity contribution in [1.82, 2.24) is 0 Å². The second-order valence-electron chi connectivity index (χ2n) is 3.80. The van der Waals surface area contributed by atoms with Crippen molar-refractivity contribution in [3.63, 3.8) is 0 Å². The van der Waals surface area contributed by atoms with E-state index >= 15 is 0 Å². The van der Waals surface area contributed by atoms with E-state index < -0.39 is 41.8 Å². The topological polar surface area (TPSA) is 261 Å². The van der Waals surface area contributed by atoms with Gasteiger partial charge in [0.25, 0.3) is 0 Å². The van der Waals surface area contributed by atoms with Crippen LogP contribution in [0.25, 0.3) is 0 Å². The van der Waals surface area contributed by atoms with E-state index in [0.29, 0.717) is 0 Å². The van der Waals surface area contributed by atoms with Gasteiger partial charge in [0, 0.05) is 42.5 Å². The van der Waals surface area contributed by atoms with E-state index in [9.17, 15) is 33.6 Å². The fourth-order valence-corrected chi connectivity index (χ4v) is 0. The molecule has 7 N–H and O–H groups in total. The molecule has 212 valence electrons. The first-order valence-corrected chi connectivity index (χ1v) is 7.87. The van der Waals surface area contributed by atoms with Crippen LogP contribution in [0.3, 0.4) is 0 Å². The van der Waals surface area contributed by atoms with Gasteiger partial charge in [0.15, 0.2) is 0 Å². The fraction of sp³-hybridized carbons (Fsp3) is 0. The molecule has 0 spiro atoms. The van der Waals surface area contributed by atoms with Crippen LogP contribution in [-0.2, 0) is 33.6 Å². The third kappa shape index (κ3) is 296. The van der Waals surface area contributed by atoms with Crippen molar-refractivity contribution in [2.24, 2.45) is 0 Å². The van der Waals surface area contributed by atoms with E-state index in [0.717, 1.165) is 42.5 Å². The van der Waals surface area contributed by atoms with Gasteiger partial charge in [-0.3, -0.25) is 0 Å². The van der Waals surface area contributed by atoms with Crippen molar-refractivity contribution in [3.05, 3.63) is 88.6 Å². The number of carbonyl (C=O) groups is 7. The summed E-state index contributed by atoms with van der Waals surface area (Å²) in [7, 11) is 0. The molecule has 0 rings (SSSR count). The van der Waals surface area contributed by atoms with Gasteiger partial charge >= 0.3 is 278 Å². The molecule has 0 bridgehead atoms. The van der Waals surface area contributed by atoms with Crippen LogP contribution < -0.4 is 0 Å². The van der Waals surface area contributed by atoms with Crippen molar-refractivity contribution in [2.75, 3.05) is 0 Å². The summed E-state index contributed by atoms with van der Waals surface area (Å²) >= 11 is 0. The molecule has 14 nitrogen and oxygen atoms in total. The molecule has 0 unspecified atom stereocenters. The van der Waals surface area contributed by atoms with Gasteiger partial charge in [-0.15, -0.1) is 0 Å². The number of aliphatic carboxylic acids is 7. The summed E-state index contributed by atoms with van der Waals surface area (Å²) in [6.07, 6.45) is 5.83. The molecule has 0 amide bonds. The van der Waals surface area contributed by atoms with E-state index in [4.69, 9.17) is 35.7 Å². The summed E-state index contributed by atoms with van der Waals surface area (Å²) in [5, 5.41) is 53.2. The van der Waals surface area contributed by atoms with Crippen molar-refractivity contribution in [2.45, 2.75) is 0 Å². The summed E-state index contributed by atoms with van der Waals surface area (Å²) in [5.74, 6) is -6.87. The summed E-state index contributed by atoms with van der Waals surface area (Å²) in [5.41, 5.74) is 0. The summed E-state index contributed by atoms with van der Waals surface area (Å²) in [4.78, 5) is 64.8. The number of rotatable bonds is 7. The third-order valence-corrected chi connectivity index (χ3v) is 1.22. The van der Waals surface area contributed by atoms with Crippen LogP contribution in [0.4, 0.5) is 0 Å². The molecule has 0 atom stereocenters. The average molecular weight is 696 g/mol. The Labute approximate surface area is 427 Å². The molecular weight excluding hydrogens is 660 g/mol. The van der Waals surface area contributed by atoms with Gasteiger partial charge < -0.3 is 35.7 Å². The second kappa shape index (κ2) is 90.5. The van der Waals surface area contributed by atoms with Crippen molar-refractivity contribution >= 4 is 278 Å². The monoisotopic (exact) mass is 696 g/mol. The molecule has 0 saturated carbocycles. The first-order valence-electron chi connectivity index (χ1n) is 7.87. The Morgan fingerprint density at radius 3 is 0.279 bits per heavy atom. The van der Waals surface area contributed by atoms with E-state index in [2.05, 4.69) is 46.1 Å². The van der Waals surface area contributed by atoms with E-state index in [-0.39, 0.29) is 236 Å². The maximum absolute atomic E-state index is 9.25. The van der Waals surface area contributed by atoms with Crippen molar-refractivity contribution in [1.29, 1.82) is 0 Å². The molecule has 0 aromatic rings. The fourth-order valence-electron chi connectivity index (χ4n) is 0. The van der Waals surface area contributed by atoms with Gasteiger partial charge in [-0.05, 0) is 0 Å². The van der Waals surface area contributed by atoms with Crippen LogP contribution in [0.5, 0.6) is 0 Å². The van der Waals surface area contributed by atoms with Crippen LogP contribution in [0.2, 0.25) is 0 Å². The molecular formula is C21H36Na8O14. The predicted octanol–water partition coefficient (Wildman–Crippen LogP) is -3.39. The maximum atomic E-state index is 9.25. The first-order chi connectivity index (χ1) is 15.9. The van der Waals surface area contributed by atoms with Crippen LogP contribution in [-0.4, -0.2) is 314 Å². The van der Waals surface area contributed by atoms with Gasteiger partial charge in [0.1, 0.15) is 0 Å². The van der Waals surface area contributed by atoms with Crippen molar-refractivity contribution < 1.29 is 69.3 Å². The molecule has 0 aliphatic carbocycles. The number of hydrogen-bond donors (Lipinski definition) is 7. The zero-order valence-electron chi connectivity index (χ0n) is 18.5. The quantitative estimate of drug-likeness (QED) is 0.101. The standard InChI is InChI=1S/7C3H4O2.8Na.8H/c7*1-2-3(4)5;;;;;;;;;;;;;;;;/h7*2H,1H2,(H,4,5);;;;;;;;;;;;;;;;. The normalized spacial score (nSPS) is 5.21. The molecule has 0 aliphatic rings. The molecule has 43 heavy (non-hydrogen) atoms. The van der Waals surface area contributed by atoms with Gasteiger partial charge in [0.2, 0.25) is 0 Å². The molecule has 0 radical (unpaired) electrons. The van der Waals surface area contributed by atoms with Crippen LogP contribution in [0.15, 0.2) is 88.6 Å². The molecule has 22 heteroatoms. The number of hydrogen-bond acceptors (Lipinski definition) is 7. The Balaban J connectivity index is -0.0000000159. The Morgan fingerprint density at radius 2 is 0.279 bits per heavy atom. The molecule has 0 heterocycles. The van der Waals surface area contributed by atoms with Crippen LogP contribution in [0, 0.1) is 0 Å². The molecule has 0 saturated heterocycles. The van der Waals surface area contributed by atoms with E-state index in [1.54, 1.807) is 0 Å². The van der Waals surface area contributed by atoms with Crippen molar-refractivity contribution in [3.8, 4) is 0 Å². The minimum absolute atomic E-state index is 0. The zero-order chi connectivity index (χ0) is 30.0. The SMILES string of the molecule is C=CC(=O)O.C=CC(=O)O.C=CC(=O)O.C=CC(=O)O.C=CC(=O)O.C=CC(=O)O.C=CC(=O)O.[NaH].[NaH].[NaH].[NaH].[NaH].[NaH].[NaH].[NaH]. The summed E-state index contributed by atoms with van der Waals surface area (Å²) in [6.45, 7) is 20.7. The summed E-state index contributed by atoms with van der Waals surface area (Å²) < 4.78 is 0. The van der Waals surface area contributed by atoms with E-state index in [1.165, 1.54) is 0 Å². The first kappa shape index (κ1) is 96.9. The van der Waals surface area contributed by atoms with Gasteiger partial charge in [-0.25, -0.2) is 33.6 Å². The molecule has 0 aliphatic heterocycles. The van der Waals surface area contributed by atoms with Gasteiger partial charge in [-0.1, -0.05) is 46.1 Å². The Bertz CT molecular complexity index is 598. The third-order valence-electron chi connectivity index (χ3n) is 1.22. The average Bonchev–Trinajstić information content (AvgIpc) is 2.80. The zero-order valence-corrected chi connectivity index (χ0v) is 18.5. The Hall–Kier alpha value is 2.47. The van der Waals surface area contributed by atoms with Gasteiger partial charge in [-0.2, -0.15) is 0 Å². The van der Waals surface area contributed by atoms with Crippen LogP contribution >= 0.6 is 0 Å². The van der Waals surface area contributed by atoms with E-state index in [1.807, 2.05) is 0 Å². The number of carboxylic acid groups (broad SMARTS) is 7. The van der Waals surface area contributed by atoms with Gasteiger partial charge in [0.05, 0.1) is 0 Å². The Morgan fingerprint density at radius 1 is 0.256 bits per heavy atom. The Kier molecular flexibility index (Phi) is 204. The molecule has 0 aromatic heterocycles. The minimum atomic E-state index is -0.981. The van der Waals surface area contributed by atoms with Crippen LogP contribution in [0.1, 0.15) is 0 Å². The molecule has 0 aromatic carbocycles. The number of carboxylic acids is 7.